The lowest BCUT2D eigenvalue weighted by Gasteiger charge is -2.09. The first kappa shape index (κ1) is 15.3. The van der Waals surface area contributed by atoms with E-state index in [1.807, 2.05) is 0 Å². The molecule has 0 aliphatic rings. The molecular formula is C13H9BrFN3O2S2. The van der Waals surface area contributed by atoms with Crippen LogP contribution < -0.4 is 4.72 Å². The van der Waals surface area contributed by atoms with E-state index in [2.05, 4.69) is 29.4 Å². The van der Waals surface area contributed by atoms with Gasteiger partial charge in [0.05, 0.1) is 23.2 Å². The molecule has 0 spiro atoms. The fraction of sp³-hybridized carbons (Fsp3) is 0.0769. The van der Waals surface area contributed by atoms with Crippen LogP contribution in [0.25, 0.3) is 11.0 Å². The summed E-state index contributed by atoms with van der Waals surface area (Å²) in [6, 6.07) is 8.98. The number of hydrogen-bond donors (Lipinski definition) is 1. The van der Waals surface area contributed by atoms with E-state index in [0.717, 1.165) is 11.7 Å². The first-order valence-corrected chi connectivity index (χ1v) is 9.28. The van der Waals surface area contributed by atoms with Crippen LogP contribution in [0.4, 0.5) is 10.1 Å². The predicted molar refractivity (Wildman–Crippen MR) is 87.8 cm³/mol. The van der Waals surface area contributed by atoms with Gasteiger partial charge in [-0.25, -0.2) is 12.8 Å². The molecule has 1 aromatic heterocycles. The molecule has 0 bridgehead atoms. The predicted octanol–water partition coefficient (Wildman–Crippen LogP) is 3.53. The van der Waals surface area contributed by atoms with Crippen LogP contribution in [-0.2, 0) is 15.8 Å². The van der Waals surface area contributed by atoms with Crippen molar-refractivity contribution in [1.29, 1.82) is 0 Å². The molecule has 114 valence electrons. The lowest BCUT2D eigenvalue weighted by Crippen LogP contribution is -2.15. The molecule has 22 heavy (non-hydrogen) atoms. The summed E-state index contributed by atoms with van der Waals surface area (Å²) in [5.41, 5.74) is 1.99. The fourth-order valence-electron chi connectivity index (χ4n) is 1.94. The zero-order valence-corrected chi connectivity index (χ0v) is 14.2. The Bertz CT molecular complexity index is 943. The van der Waals surface area contributed by atoms with Crippen molar-refractivity contribution in [3.8, 4) is 0 Å². The van der Waals surface area contributed by atoms with Crippen LogP contribution in [0, 0.1) is 5.82 Å². The van der Waals surface area contributed by atoms with Gasteiger partial charge in [-0.2, -0.15) is 8.75 Å². The largest absolute Gasteiger partial charge is 0.281 e. The van der Waals surface area contributed by atoms with E-state index in [4.69, 9.17) is 0 Å². The van der Waals surface area contributed by atoms with E-state index in [1.54, 1.807) is 18.2 Å². The summed E-state index contributed by atoms with van der Waals surface area (Å²) < 4.78 is 48.7. The van der Waals surface area contributed by atoms with E-state index in [1.165, 1.54) is 18.2 Å². The Morgan fingerprint density at radius 2 is 2.05 bits per heavy atom. The minimum atomic E-state index is -3.66. The van der Waals surface area contributed by atoms with Gasteiger partial charge in [0.1, 0.15) is 16.9 Å². The zero-order chi connectivity index (χ0) is 15.7. The van der Waals surface area contributed by atoms with Crippen molar-refractivity contribution >= 4 is 54.4 Å². The van der Waals surface area contributed by atoms with Gasteiger partial charge in [-0.1, -0.05) is 28.1 Å². The van der Waals surface area contributed by atoms with Crippen LogP contribution in [0.5, 0.6) is 0 Å². The Morgan fingerprint density at radius 3 is 2.82 bits per heavy atom. The summed E-state index contributed by atoms with van der Waals surface area (Å²) in [4.78, 5) is 0. The van der Waals surface area contributed by atoms with Crippen molar-refractivity contribution in [2.24, 2.45) is 0 Å². The Labute approximate surface area is 138 Å². The highest BCUT2D eigenvalue weighted by atomic mass is 79.9. The molecule has 0 saturated heterocycles. The van der Waals surface area contributed by atoms with Crippen LogP contribution in [0.1, 0.15) is 5.56 Å². The Hall–Kier alpha value is -1.58. The monoisotopic (exact) mass is 401 g/mol. The van der Waals surface area contributed by atoms with Crippen molar-refractivity contribution in [3.63, 3.8) is 0 Å². The van der Waals surface area contributed by atoms with Gasteiger partial charge < -0.3 is 0 Å². The van der Waals surface area contributed by atoms with Crippen molar-refractivity contribution in [2.75, 3.05) is 4.72 Å². The van der Waals surface area contributed by atoms with Crippen molar-refractivity contribution in [3.05, 3.63) is 52.3 Å². The standard InChI is InChI=1S/C13H9BrFN3O2S2/c14-10-6-9(15)5-4-8(10)7-22(19,20)18-12-3-1-2-11-13(12)17-21-16-11/h1-6,18H,7H2. The quantitative estimate of drug-likeness (QED) is 0.725. The molecule has 0 fully saturated rings. The third-order valence-electron chi connectivity index (χ3n) is 2.91. The Morgan fingerprint density at radius 1 is 1.23 bits per heavy atom. The molecule has 0 amide bonds. The second-order valence-corrected chi connectivity index (χ2v) is 7.64. The number of hydrogen-bond acceptors (Lipinski definition) is 5. The molecule has 0 atom stereocenters. The lowest BCUT2D eigenvalue weighted by molar-refractivity contribution is 0.599. The number of benzene rings is 2. The molecule has 0 radical (unpaired) electrons. The van der Waals surface area contributed by atoms with Crippen LogP contribution in [0.2, 0.25) is 0 Å². The molecule has 1 heterocycles. The highest BCUT2D eigenvalue weighted by molar-refractivity contribution is 9.10. The molecule has 0 saturated carbocycles. The summed E-state index contributed by atoms with van der Waals surface area (Å²) in [6.45, 7) is 0. The van der Waals surface area contributed by atoms with Gasteiger partial charge in [0.15, 0.2) is 0 Å². The third kappa shape index (κ3) is 3.26. The molecule has 5 nitrogen and oxygen atoms in total. The van der Waals surface area contributed by atoms with Crippen molar-refractivity contribution in [1.82, 2.24) is 8.75 Å². The normalized spacial score (nSPS) is 11.7. The molecule has 0 unspecified atom stereocenters. The molecule has 0 aliphatic carbocycles. The molecule has 0 aliphatic heterocycles. The van der Waals surface area contributed by atoms with E-state index < -0.39 is 15.8 Å². The van der Waals surface area contributed by atoms with Gasteiger partial charge >= 0.3 is 0 Å². The lowest BCUT2D eigenvalue weighted by atomic mass is 10.2. The summed E-state index contributed by atoms with van der Waals surface area (Å²) in [6.07, 6.45) is 0. The van der Waals surface area contributed by atoms with E-state index in [-0.39, 0.29) is 5.75 Å². The topological polar surface area (TPSA) is 72.0 Å². The number of fused-ring (bicyclic) bond motifs is 1. The average molecular weight is 402 g/mol. The molecule has 3 rings (SSSR count). The maximum absolute atomic E-state index is 13.1. The van der Waals surface area contributed by atoms with Gasteiger partial charge in [-0.3, -0.25) is 4.72 Å². The van der Waals surface area contributed by atoms with Crippen LogP contribution in [0.15, 0.2) is 40.9 Å². The number of sulfonamides is 1. The minimum Gasteiger partial charge on any atom is -0.281 e. The maximum atomic E-state index is 13.1. The number of aromatic nitrogens is 2. The minimum absolute atomic E-state index is 0.276. The number of halogens is 2. The average Bonchev–Trinajstić information content (AvgIpc) is 2.91. The van der Waals surface area contributed by atoms with Crippen molar-refractivity contribution in [2.45, 2.75) is 5.75 Å². The van der Waals surface area contributed by atoms with Gasteiger partial charge in [-0.05, 0) is 29.8 Å². The summed E-state index contributed by atoms with van der Waals surface area (Å²) in [5, 5.41) is 0. The second-order valence-electron chi connectivity index (χ2n) is 4.53. The number of nitrogens with one attached hydrogen (secondary N) is 1. The first-order valence-electron chi connectivity index (χ1n) is 6.10. The Balaban J connectivity index is 1.89. The number of rotatable bonds is 4. The second kappa shape index (κ2) is 5.90. The maximum Gasteiger partial charge on any atom is 0.237 e. The highest BCUT2D eigenvalue weighted by Crippen LogP contribution is 2.25. The zero-order valence-electron chi connectivity index (χ0n) is 11.0. The van der Waals surface area contributed by atoms with Crippen LogP contribution in [-0.4, -0.2) is 17.2 Å². The van der Waals surface area contributed by atoms with Gasteiger partial charge in [0.25, 0.3) is 0 Å². The van der Waals surface area contributed by atoms with Crippen molar-refractivity contribution < 1.29 is 12.8 Å². The fourth-order valence-corrected chi connectivity index (χ4v) is 4.39. The van der Waals surface area contributed by atoms with E-state index >= 15 is 0 Å². The van der Waals surface area contributed by atoms with Crippen LogP contribution in [0.3, 0.4) is 0 Å². The number of nitrogens with zero attached hydrogens (tertiary/aromatic N) is 2. The summed E-state index contributed by atoms with van der Waals surface area (Å²) in [5.74, 6) is -0.707. The smallest absolute Gasteiger partial charge is 0.237 e. The summed E-state index contributed by atoms with van der Waals surface area (Å²) >= 11 is 4.18. The highest BCUT2D eigenvalue weighted by Gasteiger charge is 2.16. The number of anilines is 1. The van der Waals surface area contributed by atoms with Gasteiger partial charge in [0, 0.05) is 4.47 Å². The molecular weight excluding hydrogens is 393 g/mol. The molecule has 3 aromatic rings. The molecule has 2 aromatic carbocycles. The third-order valence-corrected chi connectivity index (χ3v) is 5.41. The van der Waals surface area contributed by atoms with E-state index in [0.29, 0.717) is 26.8 Å². The molecule has 9 heteroatoms. The SMILES string of the molecule is O=S(=O)(Cc1ccc(F)cc1Br)Nc1cccc2nsnc12. The molecule has 1 N–H and O–H groups in total. The van der Waals surface area contributed by atoms with Crippen LogP contribution >= 0.6 is 27.7 Å². The Kier molecular flexibility index (Phi) is 4.11. The van der Waals surface area contributed by atoms with Gasteiger partial charge in [-0.15, -0.1) is 0 Å². The summed E-state index contributed by atoms with van der Waals surface area (Å²) in [7, 11) is -3.66. The van der Waals surface area contributed by atoms with E-state index in [9.17, 15) is 12.8 Å². The first-order chi connectivity index (χ1) is 10.4. The van der Waals surface area contributed by atoms with Gasteiger partial charge in [0.2, 0.25) is 10.0 Å².